The largest absolute Gasteiger partial charge is 0.501 e. The Labute approximate surface area is 79.6 Å². The Morgan fingerprint density at radius 1 is 1.29 bits per heavy atom. The van der Waals surface area contributed by atoms with E-state index in [-0.39, 0.29) is 17.1 Å². The fourth-order valence-electron chi connectivity index (χ4n) is 1.09. The van der Waals surface area contributed by atoms with E-state index in [0.717, 1.165) is 0 Å². The SMILES string of the molecule is NC(=O)c1cccc2c1OS(=O)(=O)O2. The molecule has 2 rings (SSSR count). The standard InChI is InChI=1S/C7H5NO5S/c8-7(9)4-2-1-3-5-6(4)13-14(10,11)12-5/h1-3H,(H2,8,9). The number of rotatable bonds is 1. The first-order chi connectivity index (χ1) is 6.49. The van der Waals surface area contributed by atoms with Gasteiger partial charge in [0.2, 0.25) is 5.75 Å². The van der Waals surface area contributed by atoms with Gasteiger partial charge in [-0.05, 0) is 12.1 Å². The fraction of sp³-hybridized carbons (Fsp3) is 0. The summed E-state index contributed by atoms with van der Waals surface area (Å²) in [7, 11) is -4.07. The Morgan fingerprint density at radius 2 is 2.00 bits per heavy atom. The molecule has 7 heteroatoms. The molecule has 0 aromatic heterocycles. The lowest BCUT2D eigenvalue weighted by Gasteiger charge is -1.97. The van der Waals surface area contributed by atoms with Crippen molar-refractivity contribution in [2.75, 3.05) is 0 Å². The zero-order chi connectivity index (χ0) is 10.3. The summed E-state index contributed by atoms with van der Waals surface area (Å²) in [5.41, 5.74) is 4.98. The van der Waals surface area contributed by atoms with Gasteiger partial charge in [0, 0.05) is 0 Å². The van der Waals surface area contributed by atoms with Crippen LogP contribution in [-0.2, 0) is 10.4 Å². The van der Waals surface area contributed by atoms with E-state index in [4.69, 9.17) is 5.73 Å². The number of amides is 1. The first kappa shape index (κ1) is 8.82. The number of hydrogen-bond acceptors (Lipinski definition) is 5. The Bertz CT molecular complexity index is 507. The summed E-state index contributed by atoms with van der Waals surface area (Å²) < 4.78 is 30.6. The Hall–Kier alpha value is -1.76. The van der Waals surface area contributed by atoms with Gasteiger partial charge >= 0.3 is 10.4 Å². The minimum atomic E-state index is -4.07. The van der Waals surface area contributed by atoms with Gasteiger partial charge in [0.05, 0.1) is 5.56 Å². The minimum Gasteiger partial charge on any atom is -0.365 e. The average Bonchev–Trinajstić information content (AvgIpc) is 2.36. The number of benzene rings is 1. The number of nitrogens with two attached hydrogens (primary N) is 1. The molecule has 0 unspecified atom stereocenters. The minimum absolute atomic E-state index is 0.0245. The van der Waals surface area contributed by atoms with Crippen LogP contribution in [-0.4, -0.2) is 14.3 Å². The highest BCUT2D eigenvalue weighted by atomic mass is 32.3. The molecule has 1 aliphatic rings. The summed E-state index contributed by atoms with van der Waals surface area (Å²) in [5.74, 6) is -0.955. The monoisotopic (exact) mass is 215 g/mol. The van der Waals surface area contributed by atoms with Gasteiger partial charge in [-0.3, -0.25) is 4.79 Å². The van der Waals surface area contributed by atoms with Crippen molar-refractivity contribution in [1.29, 1.82) is 0 Å². The lowest BCUT2D eigenvalue weighted by Crippen LogP contribution is -2.13. The van der Waals surface area contributed by atoms with Gasteiger partial charge in [-0.1, -0.05) is 6.07 Å². The quantitative estimate of drug-likeness (QED) is 0.699. The van der Waals surface area contributed by atoms with Crippen LogP contribution < -0.4 is 14.1 Å². The molecular weight excluding hydrogens is 210 g/mol. The zero-order valence-corrected chi connectivity index (χ0v) is 7.58. The van der Waals surface area contributed by atoms with E-state index in [1.807, 2.05) is 0 Å². The molecule has 0 saturated heterocycles. The molecule has 1 aromatic carbocycles. The van der Waals surface area contributed by atoms with Gasteiger partial charge < -0.3 is 14.1 Å². The Kier molecular flexibility index (Phi) is 1.65. The van der Waals surface area contributed by atoms with E-state index in [9.17, 15) is 13.2 Å². The third kappa shape index (κ3) is 1.27. The van der Waals surface area contributed by atoms with Crippen LogP contribution in [0, 0.1) is 0 Å². The van der Waals surface area contributed by atoms with Crippen molar-refractivity contribution in [2.45, 2.75) is 0 Å². The van der Waals surface area contributed by atoms with Crippen molar-refractivity contribution in [1.82, 2.24) is 0 Å². The lowest BCUT2D eigenvalue weighted by atomic mass is 10.2. The topological polar surface area (TPSA) is 95.7 Å². The van der Waals surface area contributed by atoms with Gasteiger partial charge in [0.1, 0.15) is 0 Å². The average molecular weight is 215 g/mol. The summed E-state index contributed by atoms with van der Waals surface area (Å²) in [6.07, 6.45) is 0. The van der Waals surface area contributed by atoms with Crippen LogP contribution in [0.5, 0.6) is 11.5 Å². The molecular formula is C7H5NO5S. The predicted molar refractivity (Wildman–Crippen MR) is 45.1 cm³/mol. The maximum absolute atomic E-state index is 10.9. The fourth-order valence-corrected chi connectivity index (χ4v) is 1.85. The number of para-hydroxylation sites is 1. The second-order valence-corrected chi connectivity index (χ2v) is 3.72. The molecule has 1 amide bonds. The number of carbonyl (C=O) groups is 1. The van der Waals surface area contributed by atoms with E-state index < -0.39 is 16.3 Å². The maximum Gasteiger partial charge on any atom is 0.501 e. The highest BCUT2D eigenvalue weighted by Gasteiger charge is 2.31. The number of fused-ring (bicyclic) bond motifs is 1. The Morgan fingerprint density at radius 3 is 2.64 bits per heavy atom. The van der Waals surface area contributed by atoms with Gasteiger partial charge in [0.15, 0.2) is 5.75 Å². The van der Waals surface area contributed by atoms with Crippen LogP contribution in [0.3, 0.4) is 0 Å². The van der Waals surface area contributed by atoms with E-state index >= 15 is 0 Å². The first-order valence-electron chi connectivity index (χ1n) is 3.56. The smallest absolute Gasteiger partial charge is 0.365 e. The zero-order valence-electron chi connectivity index (χ0n) is 6.76. The molecule has 0 atom stereocenters. The van der Waals surface area contributed by atoms with Crippen molar-refractivity contribution < 1.29 is 21.6 Å². The Balaban J connectivity index is 2.63. The summed E-state index contributed by atoms with van der Waals surface area (Å²) in [6.45, 7) is 0. The van der Waals surface area contributed by atoms with Crippen molar-refractivity contribution >= 4 is 16.3 Å². The molecule has 0 aliphatic carbocycles. The molecule has 2 N–H and O–H groups in total. The van der Waals surface area contributed by atoms with E-state index in [0.29, 0.717) is 0 Å². The predicted octanol–water partition coefficient (Wildman–Crippen LogP) is -0.199. The number of primary amides is 1. The van der Waals surface area contributed by atoms with Crippen molar-refractivity contribution in [3.05, 3.63) is 23.8 Å². The first-order valence-corrected chi connectivity index (χ1v) is 4.90. The van der Waals surface area contributed by atoms with Crippen LogP contribution in [0.15, 0.2) is 18.2 Å². The van der Waals surface area contributed by atoms with Crippen molar-refractivity contribution in [3.63, 3.8) is 0 Å². The second kappa shape index (κ2) is 2.61. The maximum atomic E-state index is 10.9. The molecule has 1 heterocycles. The van der Waals surface area contributed by atoms with E-state index in [1.165, 1.54) is 18.2 Å². The molecule has 14 heavy (non-hydrogen) atoms. The molecule has 1 aromatic rings. The normalized spacial score (nSPS) is 16.6. The van der Waals surface area contributed by atoms with Crippen LogP contribution in [0.1, 0.15) is 10.4 Å². The molecule has 0 bridgehead atoms. The molecule has 6 nitrogen and oxygen atoms in total. The van der Waals surface area contributed by atoms with E-state index in [2.05, 4.69) is 8.37 Å². The van der Waals surface area contributed by atoms with Crippen molar-refractivity contribution in [2.24, 2.45) is 5.73 Å². The third-order valence-electron chi connectivity index (χ3n) is 1.62. The summed E-state index contributed by atoms with van der Waals surface area (Å²) in [4.78, 5) is 10.9. The highest BCUT2D eigenvalue weighted by Crippen LogP contribution is 2.38. The van der Waals surface area contributed by atoms with Gasteiger partial charge in [-0.25, -0.2) is 0 Å². The summed E-state index contributed by atoms with van der Waals surface area (Å²) in [6, 6.07) is 4.17. The third-order valence-corrected chi connectivity index (χ3v) is 2.38. The molecule has 1 aliphatic heterocycles. The second-order valence-electron chi connectivity index (χ2n) is 2.57. The van der Waals surface area contributed by atoms with Gasteiger partial charge in [-0.15, -0.1) is 8.42 Å². The lowest BCUT2D eigenvalue weighted by molar-refractivity contribution is 0.0999. The summed E-state index contributed by atoms with van der Waals surface area (Å²) >= 11 is 0. The number of carbonyl (C=O) groups excluding carboxylic acids is 1. The van der Waals surface area contributed by atoms with Crippen LogP contribution in [0.4, 0.5) is 0 Å². The van der Waals surface area contributed by atoms with E-state index in [1.54, 1.807) is 0 Å². The van der Waals surface area contributed by atoms with Crippen LogP contribution >= 0.6 is 0 Å². The highest BCUT2D eigenvalue weighted by molar-refractivity contribution is 7.82. The van der Waals surface area contributed by atoms with Crippen LogP contribution in [0.25, 0.3) is 0 Å². The number of hydrogen-bond donors (Lipinski definition) is 1. The van der Waals surface area contributed by atoms with Gasteiger partial charge in [-0.2, -0.15) is 0 Å². The molecule has 0 radical (unpaired) electrons. The van der Waals surface area contributed by atoms with Crippen molar-refractivity contribution in [3.8, 4) is 11.5 Å². The molecule has 0 saturated carbocycles. The van der Waals surface area contributed by atoms with Crippen LogP contribution in [0.2, 0.25) is 0 Å². The molecule has 74 valence electrons. The van der Waals surface area contributed by atoms with Gasteiger partial charge in [0.25, 0.3) is 5.91 Å². The molecule has 0 fully saturated rings. The molecule has 0 spiro atoms. The summed E-state index contributed by atoms with van der Waals surface area (Å²) in [5, 5.41) is 0.